The minimum atomic E-state index is -0.240. The molecule has 2 aliphatic rings. The summed E-state index contributed by atoms with van der Waals surface area (Å²) in [5, 5.41) is 4.78. The van der Waals surface area contributed by atoms with E-state index < -0.39 is 0 Å². The van der Waals surface area contributed by atoms with Crippen molar-refractivity contribution in [2.75, 3.05) is 26.3 Å². The number of morpholine rings is 1. The molecule has 140 valence electrons. The maximum Gasteiger partial charge on any atom is 0.203 e. The van der Waals surface area contributed by atoms with Crippen molar-refractivity contribution in [3.05, 3.63) is 34.9 Å². The highest BCUT2D eigenvalue weighted by Crippen LogP contribution is 2.33. The summed E-state index contributed by atoms with van der Waals surface area (Å²) in [6, 6.07) is 7.19. The normalized spacial score (nSPS) is 19.7. The van der Waals surface area contributed by atoms with Gasteiger partial charge in [-0.05, 0) is 37.2 Å². The Balaban J connectivity index is 1.74. The highest BCUT2D eigenvalue weighted by atomic mass is 32.1. The molecule has 26 heavy (non-hydrogen) atoms. The van der Waals surface area contributed by atoms with Gasteiger partial charge in [0.25, 0.3) is 0 Å². The monoisotopic (exact) mass is 377 g/mol. The van der Waals surface area contributed by atoms with E-state index in [2.05, 4.69) is 4.57 Å². The summed E-state index contributed by atoms with van der Waals surface area (Å²) in [7, 11) is 0. The molecule has 1 aliphatic heterocycles. The van der Waals surface area contributed by atoms with Crippen LogP contribution in [0.25, 0.3) is 11.4 Å². The molecule has 1 N–H and O–H groups in total. The van der Waals surface area contributed by atoms with Crippen LogP contribution in [0.5, 0.6) is 0 Å². The summed E-state index contributed by atoms with van der Waals surface area (Å²) >= 11 is 5.80. The Bertz CT molecular complexity index is 806. The first-order valence-corrected chi connectivity index (χ1v) is 10.0. The summed E-state index contributed by atoms with van der Waals surface area (Å²) < 4.78 is 24.7. The molecule has 1 saturated carbocycles. The van der Waals surface area contributed by atoms with Crippen LogP contribution in [0, 0.1) is 10.6 Å². The predicted octanol–water partition coefficient (Wildman–Crippen LogP) is 2.60. The van der Waals surface area contributed by atoms with Crippen molar-refractivity contribution in [2.24, 2.45) is 0 Å². The molecule has 4 rings (SSSR count). The Labute approximate surface area is 158 Å². The number of nitrogens with zero attached hydrogens (tertiary/aromatic N) is 3. The van der Waals surface area contributed by atoms with Gasteiger partial charge >= 0.3 is 0 Å². The van der Waals surface area contributed by atoms with Gasteiger partial charge in [0, 0.05) is 6.04 Å². The van der Waals surface area contributed by atoms with E-state index in [4.69, 9.17) is 22.1 Å². The smallest absolute Gasteiger partial charge is 0.203 e. The van der Waals surface area contributed by atoms with Gasteiger partial charge in [0.15, 0.2) is 12.5 Å². The van der Waals surface area contributed by atoms with E-state index in [1.54, 1.807) is 12.1 Å². The zero-order valence-corrected chi connectivity index (χ0v) is 15.8. The second-order valence-corrected chi connectivity index (χ2v) is 7.63. The molecule has 1 saturated heterocycles. The summed E-state index contributed by atoms with van der Waals surface area (Å²) in [6.45, 7) is 4.15. The van der Waals surface area contributed by atoms with Crippen molar-refractivity contribution < 1.29 is 14.0 Å². The van der Waals surface area contributed by atoms with Gasteiger partial charge in [0.05, 0.1) is 18.8 Å². The van der Waals surface area contributed by atoms with Crippen LogP contribution in [0.2, 0.25) is 0 Å². The van der Waals surface area contributed by atoms with Gasteiger partial charge < -0.3 is 9.64 Å². The molecule has 5 nitrogen and oxygen atoms in total. The molecule has 2 heterocycles. The van der Waals surface area contributed by atoms with Gasteiger partial charge in [-0.25, -0.2) is 4.39 Å². The largest absolute Gasteiger partial charge is 0.370 e. The number of hydrogen-bond donors (Lipinski definition) is 1. The van der Waals surface area contributed by atoms with Crippen LogP contribution in [0.15, 0.2) is 24.3 Å². The fourth-order valence-corrected chi connectivity index (χ4v) is 4.39. The third-order valence-corrected chi connectivity index (χ3v) is 5.91. The first kappa shape index (κ1) is 17.8. The molecule has 1 aliphatic carbocycles. The number of rotatable bonds is 4. The fraction of sp³-hybridized carbons (Fsp3) is 0.579. The van der Waals surface area contributed by atoms with Crippen molar-refractivity contribution in [1.29, 1.82) is 0 Å². The van der Waals surface area contributed by atoms with Crippen molar-refractivity contribution in [3.63, 3.8) is 0 Å². The van der Waals surface area contributed by atoms with Gasteiger partial charge in [0.1, 0.15) is 18.9 Å². The van der Waals surface area contributed by atoms with Crippen LogP contribution in [-0.2, 0) is 11.4 Å². The molecule has 0 bridgehead atoms. The summed E-state index contributed by atoms with van der Waals surface area (Å²) in [6.07, 6.45) is 5.84. The Morgan fingerprint density at radius 1 is 1.15 bits per heavy atom. The number of nitrogens with one attached hydrogen (secondary N) is 1. The SMILES string of the molecule is Fc1ccccc1-c1nn(C[NH+]2CCOCC2)c(=S)n1C1CCCCC1. The van der Waals surface area contributed by atoms with E-state index in [0.29, 0.717) is 28.9 Å². The number of hydrogen-bond acceptors (Lipinski definition) is 3. The molecule has 0 radical (unpaired) electrons. The molecule has 0 amide bonds. The van der Waals surface area contributed by atoms with Gasteiger partial charge in [0.2, 0.25) is 4.77 Å². The highest BCUT2D eigenvalue weighted by molar-refractivity contribution is 7.71. The van der Waals surface area contributed by atoms with E-state index in [0.717, 1.165) is 39.1 Å². The van der Waals surface area contributed by atoms with Crippen LogP contribution in [-0.4, -0.2) is 40.7 Å². The Morgan fingerprint density at radius 2 is 1.88 bits per heavy atom. The zero-order valence-electron chi connectivity index (χ0n) is 15.0. The topological polar surface area (TPSA) is 36.4 Å². The van der Waals surface area contributed by atoms with E-state index in [1.807, 2.05) is 10.7 Å². The molecule has 0 unspecified atom stereocenters. The van der Waals surface area contributed by atoms with Gasteiger partial charge in [-0.1, -0.05) is 31.4 Å². The predicted molar refractivity (Wildman–Crippen MR) is 100 cm³/mol. The quantitative estimate of drug-likeness (QED) is 0.832. The lowest BCUT2D eigenvalue weighted by Crippen LogP contribution is -3.13. The summed E-state index contributed by atoms with van der Waals surface area (Å²) in [4.78, 5) is 1.40. The molecular formula is C19H26FN4OS+. The number of aromatic nitrogens is 3. The van der Waals surface area contributed by atoms with Crippen LogP contribution in [0.1, 0.15) is 38.1 Å². The van der Waals surface area contributed by atoms with E-state index in [-0.39, 0.29) is 5.82 Å². The Kier molecular flexibility index (Phi) is 5.47. The first-order valence-electron chi connectivity index (χ1n) is 9.59. The summed E-state index contributed by atoms with van der Waals surface area (Å²) in [5.74, 6) is 0.433. The molecular weight excluding hydrogens is 351 g/mol. The van der Waals surface area contributed by atoms with Crippen LogP contribution >= 0.6 is 12.2 Å². The molecule has 2 fully saturated rings. The lowest BCUT2D eigenvalue weighted by atomic mass is 9.95. The average molecular weight is 378 g/mol. The number of quaternary nitrogens is 1. The van der Waals surface area contributed by atoms with Crippen molar-refractivity contribution in [1.82, 2.24) is 14.3 Å². The molecule has 0 spiro atoms. The number of ether oxygens (including phenoxy) is 1. The van der Waals surface area contributed by atoms with Crippen molar-refractivity contribution in [3.8, 4) is 11.4 Å². The van der Waals surface area contributed by atoms with E-state index >= 15 is 0 Å². The van der Waals surface area contributed by atoms with E-state index in [1.165, 1.54) is 30.2 Å². The van der Waals surface area contributed by atoms with Gasteiger partial charge in [-0.2, -0.15) is 4.68 Å². The summed E-state index contributed by atoms with van der Waals surface area (Å²) in [5.41, 5.74) is 0.542. The lowest BCUT2D eigenvalue weighted by Gasteiger charge is -2.24. The van der Waals surface area contributed by atoms with Gasteiger partial charge in [-0.15, -0.1) is 5.10 Å². The lowest BCUT2D eigenvalue weighted by molar-refractivity contribution is -0.930. The maximum atomic E-state index is 14.5. The van der Waals surface area contributed by atoms with E-state index in [9.17, 15) is 4.39 Å². The highest BCUT2D eigenvalue weighted by Gasteiger charge is 2.25. The van der Waals surface area contributed by atoms with Gasteiger partial charge in [-0.3, -0.25) is 4.57 Å². The van der Waals surface area contributed by atoms with Crippen LogP contribution in [0.3, 0.4) is 0 Å². The van der Waals surface area contributed by atoms with Crippen LogP contribution < -0.4 is 4.90 Å². The molecule has 0 atom stereocenters. The minimum Gasteiger partial charge on any atom is -0.370 e. The second kappa shape index (κ2) is 7.98. The molecule has 1 aromatic heterocycles. The number of benzene rings is 1. The third-order valence-electron chi connectivity index (χ3n) is 5.50. The Hall–Kier alpha value is -1.57. The molecule has 7 heteroatoms. The molecule has 2 aromatic rings. The van der Waals surface area contributed by atoms with Crippen molar-refractivity contribution in [2.45, 2.75) is 44.8 Å². The maximum absolute atomic E-state index is 14.5. The third kappa shape index (κ3) is 3.61. The second-order valence-electron chi connectivity index (χ2n) is 7.27. The average Bonchev–Trinajstić information content (AvgIpc) is 3.00. The first-order chi connectivity index (χ1) is 12.7. The molecule has 1 aromatic carbocycles. The Morgan fingerprint density at radius 3 is 2.62 bits per heavy atom. The number of halogens is 1. The zero-order chi connectivity index (χ0) is 17.9. The standard InChI is InChI=1S/C19H25FN4OS/c20-17-9-5-4-8-16(17)18-21-23(14-22-10-12-25-13-11-22)19(26)24(18)15-6-2-1-3-7-15/h4-5,8-9,15H,1-3,6-7,10-14H2/p+1. The minimum absolute atomic E-state index is 0.240. The van der Waals surface area contributed by atoms with Crippen molar-refractivity contribution >= 4 is 12.2 Å². The van der Waals surface area contributed by atoms with Crippen LogP contribution in [0.4, 0.5) is 4.39 Å². The fourth-order valence-electron chi connectivity index (χ4n) is 4.05.